The number of benzene rings is 4. The van der Waals surface area contributed by atoms with Crippen LogP contribution in [-0.2, 0) is 0 Å². The fraction of sp³-hybridized carbons (Fsp3) is 0.484. The SMILES string of the molecule is CCC/C(C#Cc1ccc(C#C[Si](C(C)C)(C(C)C)C(C)C)cc1)=C(\C#Cc1cc(C#C/C(CCC)=C(/C#Cc2ccc(C#C[Si](C(C)C)(C(C)C)C(C)C)cc2)CCC)cc(C#C/C(CCC)=C(/C#Cc2ccc(C#C[Si](C(C)C)(C(C)C)C(C)C)cc2)CCC)c1)CCC. The number of hydrogen-bond acceptors (Lipinski definition) is 0. The Morgan fingerprint density at radius 1 is 0.219 bits per heavy atom. The van der Waals surface area contributed by atoms with Crippen LogP contribution in [0.5, 0.6) is 0 Å². The van der Waals surface area contributed by atoms with Crippen molar-refractivity contribution in [2.24, 2.45) is 0 Å². The van der Waals surface area contributed by atoms with Crippen LogP contribution in [0.15, 0.2) is 124 Å². The van der Waals surface area contributed by atoms with Gasteiger partial charge in [-0.15, -0.1) is 16.6 Å². The molecule has 0 atom stereocenters. The van der Waals surface area contributed by atoms with Crippen molar-refractivity contribution in [1.82, 2.24) is 0 Å². The molecule has 0 aliphatic rings. The van der Waals surface area contributed by atoms with Crippen molar-refractivity contribution in [2.75, 3.05) is 0 Å². The van der Waals surface area contributed by atoms with Gasteiger partial charge in [-0.3, -0.25) is 0 Å². The van der Waals surface area contributed by atoms with Crippen molar-refractivity contribution < 1.29 is 0 Å². The quantitative estimate of drug-likeness (QED) is 0.0576. The lowest BCUT2D eigenvalue weighted by Crippen LogP contribution is -2.43. The molecule has 0 aliphatic carbocycles. The number of rotatable bonds is 21. The molecular weight excluding hydrogens is 1200 g/mol. The van der Waals surface area contributed by atoms with Gasteiger partial charge in [0.25, 0.3) is 0 Å². The van der Waals surface area contributed by atoms with Crippen LogP contribution < -0.4 is 0 Å². The van der Waals surface area contributed by atoms with Gasteiger partial charge in [0.15, 0.2) is 0 Å². The van der Waals surface area contributed by atoms with E-state index in [2.05, 4.69) is 363 Å². The van der Waals surface area contributed by atoms with E-state index in [1.54, 1.807) is 0 Å². The summed E-state index contributed by atoms with van der Waals surface area (Å²) in [7, 11) is -5.55. The zero-order chi connectivity index (χ0) is 71.2. The van der Waals surface area contributed by atoms with Crippen LogP contribution in [0, 0.1) is 105 Å². The summed E-state index contributed by atoms with van der Waals surface area (Å²) in [6.45, 7) is 56.0. The van der Waals surface area contributed by atoms with E-state index >= 15 is 0 Å². The predicted octanol–water partition coefficient (Wildman–Crippen LogP) is 25.3. The molecule has 4 aromatic carbocycles. The zero-order valence-corrected chi connectivity index (χ0v) is 67.3. The topological polar surface area (TPSA) is 0 Å². The third kappa shape index (κ3) is 23.0. The summed E-state index contributed by atoms with van der Waals surface area (Å²) in [5.74, 6) is 54.4. The lowest BCUT2D eigenvalue weighted by molar-refractivity contribution is 0.838. The van der Waals surface area contributed by atoms with Crippen LogP contribution in [0.25, 0.3) is 0 Å². The lowest BCUT2D eigenvalue weighted by Gasteiger charge is -2.38. The highest BCUT2D eigenvalue weighted by Gasteiger charge is 2.43. The summed E-state index contributed by atoms with van der Waals surface area (Å²) in [5.41, 5.74) is 32.3. The van der Waals surface area contributed by atoms with Crippen LogP contribution in [0.3, 0.4) is 0 Å². The second kappa shape index (κ2) is 40.5. The second-order valence-corrected chi connectivity index (χ2v) is 46.1. The van der Waals surface area contributed by atoms with Crippen LogP contribution in [-0.4, -0.2) is 24.2 Å². The van der Waals surface area contributed by atoms with E-state index in [0.717, 1.165) is 161 Å². The first-order valence-corrected chi connectivity index (χ1v) is 43.7. The molecule has 0 radical (unpaired) electrons. The van der Waals surface area contributed by atoms with Crippen molar-refractivity contribution in [2.45, 2.75) is 293 Å². The van der Waals surface area contributed by atoms with E-state index in [-0.39, 0.29) is 0 Å². The molecule has 0 unspecified atom stereocenters. The Morgan fingerprint density at radius 3 is 0.490 bits per heavy atom. The van der Waals surface area contributed by atoms with Gasteiger partial charge in [0.05, 0.1) is 0 Å². The molecular formula is C93H120Si3. The standard InChI is InChI=1S/C93H120Si3/c1-25-31-88(55-49-79-37-43-82(44-38-79)61-64-94(70(7)8,71(9)10)72(11)12)91(34-28-4)58-52-85-67-86(53-59-92(35-29-5)89(32-26-2)56-50-80-39-45-83(46-40-80)62-65-95(73(13)14,74(15)16)75(17)18)69-87(68-85)54-60-93(36-30-6)90(33-27-3)57-51-81-41-47-84(48-42-81)63-66-96(76(19)20,77(21)22)78(23)24/h37-48,67-78H,25-36H2,1-24H3/b91-88+,92-89+,93-90+. The third-order valence-corrected chi connectivity index (χ3v) is 38.6. The lowest BCUT2D eigenvalue weighted by atomic mass is 9.97. The maximum Gasteiger partial charge on any atom is 0.146 e. The average molecular weight is 1320 g/mol. The van der Waals surface area contributed by atoms with Crippen molar-refractivity contribution in [3.8, 4) is 105 Å². The average Bonchev–Trinajstić information content (AvgIpc) is 0.848. The molecule has 0 bridgehead atoms. The Kier molecular flexibility index (Phi) is 34.3. The number of allylic oxidation sites excluding steroid dienone is 6. The molecule has 4 aromatic rings. The molecule has 0 nitrogen and oxygen atoms in total. The maximum atomic E-state index is 3.89. The fourth-order valence-electron chi connectivity index (χ4n) is 14.7. The summed E-state index contributed by atoms with van der Waals surface area (Å²) >= 11 is 0. The maximum absolute atomic E-state index is 3.89. The van der Waals surface area contributed by atoms with Gasteiger partial charge in [-0.25, -0.2) is 0 Å². The second-order valence-electron chi connectivity index (χ2n) is 29.3. The van der Waals surface area contributed by atoms with Crippen molar-refractivity contribution in [1.29, 1.82) is 0 Å². The first kappa shape index (κ1) is 81.2. The van der Waals surface area contributed by atoms with E-state index in [4.69, 9.17) is 0 Å². The summed E-state index contributed by atoms with van der Waals surface area (Å²) in [6.07, 6.45) is 10.9. The number of hydrogen-bond donors (Lipinski definition) is 0. The van der Waals surface area contributed by atoms with Gasteiger partial charge in [0.2, 0.25) is 0 Å². The third-order valence-electron chi connectivity index (χ3n) is 19.7. The Hall–Kier alpha value is -7.21. The Labute approximate surface area is 593 Å². The predicted molar refractivity (Wildman–Crippen MR) is 431 cm³/mol. The van der Waals surface area contributed by atoms with Gasteiger partial charge in [0.1, 0.15) is 24.2 Å². The zero-order valence-electron chi connectivity index (χ0n) is 64.3. The molecule has 3 heteroatoms. The first-order chi connectivity index (χ1) is 45.7. The van der Waals surface area contributed by atoms with E-state index in [1.807, 2.05) is 0 Å². The fourth-order valence-corrected chi connectivity index (χ4v) is 30.4. The highest BCUT2D eigenvalue weighted by Crippen LogP contribution is 2.43. The molecule has 4 rings (SSSR count). The monoisotopic (exact) mass is 1320 g/mol. The van der Waals surface area contributed by atoms with E-state index in [0.29, 0.717) is 49.9 Å². The molecule has 0 spiro atoms. The van der Waals surface area contributed by atoms with Crippen LogP contribution in [0.2, 0.25) is 49.9 Å². The molecule has 504 valence electrons. The molecule has 0 heterocycles. The van der Waals surface area contributed by atoms with Crippen molar-refractivity contribution in [3.05, 3.63) is 175 Å². The molecule has 0 aliphatic heterocycles. The Balaban J connectivity index is 1.95. The van der Waals surface area contributed by atoms with Gasteiger partial charge in [-0.2, -0.15) is 0 Å². The molecule has 0 saturated carbocycles. The minimum Gasteiger partial charge on any atom is -0.125 e. The summed E-state index contributed by atoms with van der Waals surface area (Å²) in [6, 6.07) is 32.0. The van der Waals surface area contributed by atoms with Crippen LogP contribution in [0.4, 0.5) is 0 Å². The van der Waals surface area contributed by atoms with Gasteiger partial charge >= 0.3 is 0 Å². The molecule has 0 saturated heterocycles. The largest absolute Gasteiger partial charge is 0.146 e. The normalized spacial score (nSPS) is 12.2. The van der Waals surface area contributed by atoms with Crippen molar-refractivity contribution >= 4 is 24.2 Å². The van der Waals surface area contributed by atoms with Gasteiger partial charge in [-0.1, -0.05) is 294 Å². The molecule has 96 heavy (non-hydrogen) atoms. The minimum absolute atomic E-state index is 0.586. The molecule has 0 N–H and O–H groups in total. The van der Waals surface area contributed by atoms with Crippen LogP contribution >= 0.6 is 0 Å². The summed E-state index contributed by atoms with van der Waals surface area (Å²) < 4.78 is 0. The Morgan fingerprint density at radius 2 is 0.354 bits per heavy atom. The molecule has 0 aromatic heterocycles. The molecule has 0 fully saturated rings. The van der Waals surface area contributed by atoms with Gasteiger partial charge in [0, 0.05) is 83.5 Å². The molecule has 0 amide bonds. The van der Waals surface area contributed by atoms with E-state index in [1.165, 1.54) is 0 Å². The van der Waals surface area contributed by atoms with E-state index in [9.17, 15) is 0 Å². The first-order valence-electron chi connectivity index (χ1n) is 37.1. The van der Waals surface area contributed by atoms with Crippen molar-refractivity contribution in [3.63, 3.8) is 0 Å². The van der Waals surface area contributed by atoms with E-state index < -0.39 is 24.2 Å². The smallest absolute Gasteiger partial charge is 0.125 e. The minimum atomic E-state index is -1.85. The van der Waals surface area contributed by atoms with Gasteiger partial charge in [-0.05, 0) is 179 Å². The highest BCUT2D eigenvalue weighted by molar-refractivity contribution is 6.91. The highest BCUT2D eigenvalue weighted by atomic mass is 28.3. The van der Waals surface area contributed by atoms with Crippen LogP contribution in [0.1, 0.15) is 293 Å². The van der Waals surface area contributed by atoms with Gasteiger partial charge < -0.3 is 0 Å². The summed E-state index contributed by atoms with van der Waals surface area (Å²) in [5, 5.41) is 0. The summed E-state index contributed by atoms with van der Waals surface area (Å²) in [4.78, 5) is 0. The Bertz CT molecular complexity index is 3430.